The Morgan fingerprint density at radius 1 is 1.22 bits per heavy atom. The third-order valence-corrected chi connectivity index (χ3v) is 5.28. The second-order valence-electron chi connectivity index (χ2n) is 6.33. The van der Waals surface area contributed by atoms with Gasteiger partial charge in [-0.2, -0.15) is 4.98 Å². The van der Waals surface area contributed by atoms with Crippen LogP contribution in [-0.4, -0.2) is 16.0 Å². The maximum Gasteiger partial charge on any atom is 0.349 e. The van der Waals surface area contributed by atoms with Gasteiger partial charge < -0.3 is 14.3 Å². The average molecular weight is 379 g/mol. The van der Waals surface area contributed by atoms with Gasteiger partial charge in [-0.3, -0.25) is 4.79 Å². The first-order valence-electron chi connectivity index (χ1n) is 8.45. The molecular weight excluding hydrogens is 366 g/mol. The van der Waals surface area contributed by atoms with E-state index in [1.54, 1.807) is 24.3 Å². The van der Waals surface area contributed by atoms with Crippen LogP contribution in [-0.2, 0) is 0 Å². The van der Waals surface area contributed by atoms with Gasteiger partial charge in [-0.15, -0.1) is 11.3 Å². The van der Waals surface area contributed by atoms with E-state index in [4.69, 9.17) is 8.94 Å². The highest BCUT2D eigenvalue weighted by Gasteiger charge is 2.29. The second-order valence-corrected chi connectivity index (χ2v) is 7.25. The summed E-state index contributed by atoms with van der Waals surface area (Å²) < 4.78 is 10.6. The number of carbonyl (C=O) groups is 1. The number of aromatic nitrogens is 2. The fraction of sp³-hybridized carbons (Fsp3) is 0.158. The van der Waals surface area contributed by atoms with Gasteiger partial charge in [0, 0.05) is 11.3 Å². The molecule has 1 amide bonds. The van der Waals surface area contributed by atoms with Crippen molar-refractivity contribution in [1.29, 1.82) is 0 Å². The number of thiophene rings is 1. The van der Waals surface area contributed by atoms with Gasteiger partial charge in [-0.1, -0.05) is 23.4 Å². The number of fused-ring (bicyclic) bond motifs is 1. The van der Waals surface area contributed by atoms with Crippen molar-refractivity contribution in [3.8, 4) is 10.8 Å². The molecule has 3 aromatic heterocycles. The maximum atomic E-state index is 12.7. The molecule has 0 atom stereocenters. The molecule has 1 aliphatic carbocycles. The van der Waals surface area contributed by atoms with Gasteiger partial charge in [0.25, 0.3) is 11.8 Å². The van der Waals surface area contributed by atoms with E-state index < -0.39 is 11.5 Å². The average Bonchev–Trinajstić information content (AvgIpc) is 3.22. The van der Waals surface area contributed by atoms with Crippen molar-refractivity contribution >= 4 is 33.9 Å². The van der Waals surface area contributed by atoms with E-state index in [9.17, 15) is 9.59 Å². The van der Waals surface area contributed by atoms with E-state index in [-0.39, 0.29) is 5.56 Å². The smallest absolute Gasteiger partial charge is 0.349 e. The third-order valence-electron chi connectivity index (χ3n) is 4.38. The molecule has 4 aromatic rings. The molecule has 8 heteroatoms. The minimum atomic E-state index is -0.684. The fourth-order valence-electron chi connectivity index (χ4n) is 2.82. The number of hydrogen-bond acceptors (Lipinski definition) is 7. The molecule has 1 fully saturated rings. The van der Waals surface area contributed by atoms with Crippen molar-refractivity contribution < 1.29 is 13.7 Å². The number of nitrogens with zero attached hydrogens (tertiary/aromatic N) is 2. The number of nitrogens with one attached hydrogen (secondary N) is 1. The van der Waals surface area contributed by atoms with Gasteiger partial charge in [0.05, 0.1) is 5.69 Å². The van der Waals surface area contributed by atoms with Crippen LogP contribution in [0.15, 0.2) is 55.5 Å². The summed E-state index contributed by atoms with van der Waals surface area (Å²) in [5.74, 6) is 0.900. The lowest BCUT2D eigenvalue weighted by Crippen LogP contribution is -2.20. The molecule has 0 aliphatic heterocycles. The van der Waals surface area contributed by atoms with Gasteiger partial charge >= 0.3 is 5.63 Å². The molecule has 5 rings (SSSR count). The summed E-state index contributed by atoms with van der Waals surface area (Å²) in [5.41, 5.74) is 0.212. The van der Waals surface area contributed by atoms with Crippen molar-refractivity contribution in [2.24, 2.45) is 0 Å². The van der Waals surface area contributed by atoms with E-state index in [0.29, 0.717) is 39.2 Å². The SMILES string of the molecule is O=C(Nc1ccsc1-c1nc(C2CC2)no1)c1cc2ccccc2oc1=O. The van der Waals surface area contributed by atoms with Crippen LogP contribution in [0.3, 0.4) is 0 Å². The minimum Gasteiger partial charge on any atom is -0.422 e. The van der Waals surface area contributed by atoms with E-state index >= 15 is 0 Å². The zero-order valence-electron chi connectivity index (χ0n) is 14.0. The standard InChI is InChI=1S/C19H13N3O4S/c23-17(12-9-11-3-1-2-4-14(11)25-19(12)24)20-13-7-8-27-15(13)18-21-16(22-26-18)10-5-6-10/h1-4,7-10H,5-6H2,(H,20,23). The molecular formula is C19H13N3O4S. The summed E-state index contributed by atoms with van der Waals surface area (Å²) in [6, 6.07) is 10.3. The Balaban J connectivity index is 1.45. The molecule has 3 heterocycles. The number of anilines is 1. The Hall–Kier alpha value is -3.26. The van der Waals surface area contributed by atoms with Gasteiger partial charge in [-0.25, -0.2) is 4.79 Å². The first-order valence-corrected chi connectivity index (χ1v) is 9.33. The Morgan fingerprint density at radius 3 is 2.93 bits per heavy atom. The third kappa shape index (κ3) is 2.93. The van der Waals surface area contributed by atoms with Crippen LogP contribution in [0.25, 0.3) is 21.7 Å². The number of carbonyl (C=O) groups excluding carboxylic acids is 1. The van der Waals surface area contributed by atoms with Crippen molar-refractivity contribution in [3.05, 3.63) is 63.6 Å². The Morgan fingerprint density at radius 2 is 2.07 bits per heavy atom. The summed E-state index contributed by atoms with van der Waals surface area (Å²) >= 11 is 1.38. The van der Waals surface area contributed by atoms with Gasteiger partial charge in [-0.05, 0) is 36.4 Å². The topological polar surface area (TPSA) is 98.2 Å². The van der Waals surface area contributed by atoms with Crippen LogP contribution in [0.5, 0.6) is 0 Å². The van der Waals surface area contributed by atoms with E-state index in [1.165, 1.54) is 17.4 Å². The summed E-state index contributed by atoms with van der Waals surface area (Å²) in [5, 5.41) is 9.25. The van der Waals surface area contributed by atoms with Crippen LogP contribution in [0, 0.1) is 0 Å². The molecule has 7 nitrogen and oxygen atoms in total. The van der Waals surface area contributed by atoms with E-state index in [2.05, 4.69) is 15.5 Å². The van der Waals surface area contributed by atoms with Gasteiger partial charge in [0.1, 0.15) is 16.0 Å². The zero-order chi connectivity index (χ0) is 18.4. The number of benzene rings is 1. The zero-order valence-corrected chi connectivity index (χ0v) is 14.8. The molecule has 0 radical (unpaired) electrons. The number of hydrogen-bond donors (Lipinski definition) is 1. The Bertz CT molecular complexity index is 1220. The van der Waals surface area contributed by atoms with Crippen LogP contribution >= 0.6 is 11.3 Å². The molecule has 134 valence electrons. The number of para-hydroxylation sites is 1. The van der Waals surface area contributed by atoms with Crippen molar-refractivity contribution in [2.75, 3.05) is 5.32 Å². The highest BCUT2D eigenvalue weighted by Crippen LogP contribution is 2.40. The maximum absolute atomic E-state index is 12.7. The lowest BCUT2D eigenvalue weighted by molar-refractivity contribution is 0.102. The molecule has 1 N–H and O–H groups in total. The van der Waals surface area contributed by atoms with Crippen LogP contribution in [0.2, 0.25) is 0 Å². The highest BCUT2D eigenvalue weighted by molar-refractivity contribution is 7.14. The Labute approximate surface area is 156 Å². The number of rotatable bonds is 4. The molecule has 1 saturated carbocycles. The first-order chi connectivity index (χ1) is 13.2. The van der Waals surface area contributed by atoms with E-state index in [1.807, 2.05) is 11.4 Å². The minimum absolute atomic E-state index is 0.0601. The lowest BCUT2D eigenvalue weighted by atomic mass is 10.2. The van der Waals surface area contributed by atoms with Crippen molar-refractivity contribution in [1.82, 2.24) is 10.1 Å². The molecule has 0 bridgehead atoms. The molecule has 1 aliphatic rings. The van der Waals surface area contributed by atoms with Crippen LogP contribution in [0.4, 0.5) is 5.69 Å². The fourth-order valence-corrected chi connectivity index (χ4v) is 3.59. The Kier molecular flexibility index (Phi) is 3.64. The van der Waals surface area contributed by atoms with Crippen LogP contribution < -0.4 is 10.9 Å². The van der Waals surface area contributed by atoms with Crippen molar-refractivity contribution in [3.63, 3.8) is 0 Å². The summed E-state index contributed by atoms with van der Waals surface area (Å²) in [6.45, 7) is 0. The molecule has 27 heavy (non-hydrogen) atoms. The summed E-state index contributed by atoms with van der Waals surface area (Å²) in [6.07, 6.45) is 2.15. The van der Waals surface area contributed by atoms with E-state index in [0.717, 1.165) is 12.8 Å². The normalized spacial score (nSPS) is 13.8. The molecule has 0 spiro atoms. The molecule has 1 aromatic carbocycles. The highest BCUT2D eigenvalue weighted by atomic mass is 32.1. The first kappa shape index (κ1) is 16.0. The van der Waals surface area contributed by atoms with Crippen LogP contribution in [0.1, 0.15) is 34.9 Å². The van der Waals surface area contributed by atoms with Crippen molar-refractivity contribution in [2.45, 2.75) is 18.8 Å². The quantitative estimate of drug-likeness (QED) is 0.538. The summed E-state index contributed by atoms with van der Waals surface area (Å²) in [7, 11) is 0. The van der Waals surface area contributed by atoms with Gasteiger partial charge in [0.2, 0.25) is 0 Å². The van der Waals surface area contributed by atoms with Gasteiger partial charge in [0.15, 0.2) is 5.82 Å². The molecule has 0 saturated heterocycles. The number of amides is 1. The summed E-state index contributed by atoms with van der Waals surface area (Å²) in [4.78, 5) is 29.9. The predicted octanol–water partition coefficient (Wildman–Crippen LogP) is 4.03. The molecule has 0 unspecified atom stereocenters. The second kappa shape index (κ2) is 6.17. The lowest BCUT2D eigenvalue weighted by Gasteiger charge is -2.05. The largest absolute Gasteiger partial charge is 0.422 e. The monoisotopic (exact) mass is 379 g/mol. The predicted molar refractivity (Wildman–Crippen MR) is 100 cm³/mol.